The summed E-state index contributed by atoms with van der Waals surface area (Å²) in [5.41, 5.74) is 6.83. The van der Waals surface area contributed by atoms with E-state index in [1.807, 2.05) is 0 Å². The largest absolute Gasteiger partial charge is 0.327 e. The van der Waals surface area contributed by atoms with E-state index in [4.69, 9.17) is 5.73 Å². The molecule has 3 nitrogen and oxygen atoms in total. The van der Waals surface area contributed by atoms with E-state index >= 15 is 0 Å². The molecule has 2 aliphatic heterocycles. The quantitative estimate of drug-likeness (QED) is 0.828. The van der Waals surface area contributed by atoms with Crippen LogP contribution in [0.5, 0.6) is 0 Å². The van der Waals surface area contributed by atoms with Crippen LogP contribution in [-0.4, -0.2) is 54.6 Å². The van der Waals surface area contributed by atoms with Crippen LogP contribution in [-0.2, 0) is 0 Å². The molecule has 2 bridgehead atoms. The number of hydrogen-bond donors (Lipinski definition) is 1. The molecule has 0 radical (unpaired) electrons. The molecule has 0 aromatic carbocycles. The molecule has 110 valence electrons. The molecule has 0 aromatic rings. The van der Waals surface area contributed by atoms with Crippen LogP contribution in [0.1, 0.15) is 46.0 Å². The van der Waals surface area contributed by atoms with Gasteiger partial charge >= 0.3 is 0 Å². The number of likely N-dealkylation sites (tertiary alicyclic amines) is 1. The summed E-state index contributed by atoms with van der Waals surface area (Å²) >= 11 is 0. The molecule has 1 saturated carbocycles. The predicted octanol–water partition coefficient (Wildman–Crippen LogP) is 1.92. The van der Waals surface area contributed by atoms with Crippen molar-refractivity contribution in [1.29, 1.82) is 0 Å². The van der Waals surface area contributed by atoms with Crippen molar-refractivity contribution in [3.05, 3.63) is 0 Å². The number of rotatable bonds is 2. The molecule has 19 heavy (non-hydrogen) atoms. The normalized spacial score (nSPS) is 43.6. The van der Waals surface area contributed by atoms with Crippen molar-refractivity contribution in [3.63, 3.8) is 0 Å². The molecule has 0 spiro atoms. The van der Waals surface area contributed by atoms with Gasteiger partial charge in [0, 0.05) is 31.2 Å². The van der Waals surface area contributed by atoms with Crippen molar-refractivity contribution in [1.82, 2.24) is 9.80 Å². The van der Waals surface area contributed by atoms with Crippen LogP contribution < -0.4 is 5.73 Å². The average molecular weight is 265 g/mol. The Hall–Kier alpha value is -0.120. The van der Waals surface area contributed by atoms with Gasteiger partial charge in [-0.25, -0.2) is 0 Å². The molecule has 2 saturated heterocycles. The Bertz CT molecular complexity index is 328. The molecular formula is C16H31N3. The first-order chi connectivity index (χ1) is 8.97. The van der Waals surface area contributed by atoms with Gasteiger partial charge in [0.1, 0.15) is 0 Å². The summed E-state index contributed by atoms with van der Waals surface area (Å²) in [6.45, 7) is 8.49. The van der Waals surface area contributed by atoms with Gasteiger partial charge in [0.05, 0.1) is 0 Å². The second kappa shape index (κ2) is 5.01. The lowest BCUT2D eigenvalue weighted by Crippen LogP contribution is -2.44. The second-order valence-corrected chi connectivity index (χ2v) is 7.91. The monoisotopic (exact) mass is 265 g/mol. The van der Waals surface area contributed by atoms with E-state index in [9.17, 15) is 0 Å². The van der Waals surface area contributed by atoms with Gasteiger partial charge in [0.2, 0.25) is 0 Å². The molecule has 0 amide bonds. The van der Waals surface area contributed by atoms with Crippen LogP contribution >= 0.6 is 0 Å². The van der Waals surface area contributed by atoms with E-state index in [2.05, 4.69) is 30.7 Å². The summed E-state index contributed by atoms with van der Waals surface area (Å²) in [5, 5.41) is 0. The average Bonchev–Trinajstić information content (AvgIpc) is 2.74. The lowest BCUT2D eigenvalue weighted by molar-refractivity contribution is 0.183. The number of fused-ring (bicyclic) bond motifs is 2. The molecule has 2 N–H and O–H groups in total. The Labute approximate surface area is 118 Å². The maximum Gasteiger partial charge on any atom is 0.0223 e. The topological polar surface area (TPSA) is 32.5 Å². The summed E-state index contributed by atoms with van der Waals surface area (Å²) in [4.78, 5) is 5.35. The van der Waals surface area contributed by atoms with Crippen molar-refractivity contribution < 1.29 is 0 Å². The molecule has 4 atom stereocenters. The van der Waals surface area contributed by atoms with E-state index in [1.54, 1.807) is 0 Å². The first kappa shape index (κ1) is 13.8. The zero-order chi connectivity index (χ0) is 13.6. The number of nitrogens with two attached hydrogens (primary N) is 1. The number of hydrogen-bond acceptors (Lipinski definition) is 3. The Kier molecular flexibility index (Phi) is 3.65. The van der Waals surface area contributed by atoms with E-state index in [-0.39, 0.29) is 0 Å². The zero-order valence-electron chi connectivity index (χ0n) is 12.9. The van der Waals surface area contributed by atoms with Crippen LogP contribution in [0.25, 0.3) is 0 Å². The van der Waals surface area contributed by atoms with Gasteiger partial charge in [-0.1, -0.05) is 13.8 Å². The fourth-order valence-corrected chi connectivity index (χ4v) is 4.62. The summed E-state index contributed by atoms with van der Waals surface area (Å²) in [6.07, 6.45) is 6.82. The van der Waals surface area contributed by atoms with Crippen LogP contribution in [0, 0.1) is 11.3 Å². The lowest BCUT2D eigenvalue weighted by Gasteiger charge is -2.32. The Morgan fingerprint density at radius 2 is 1.84 bits per heavy atom. The van der Waals surface area contributed by atoms with Gasteiger partial charge in [-0.15, -0.1) is 0 Å². The molecule has 2 heterocycles. The van der Waals surface area contributed by atoms with Crippen molar-refractivity contribution in [2.24, 2.45) is 17.1 Å². The highest BCUT2D eigenvalue weighted by molar-refractivity contribution is 4.97. The Balaban J connectivity index is 1.59. The maximum absolute atomic E-state index is 6.48. The molecule has 3 heteroatoms. The van der Waals surface area contributed by atoms with Gasteiger partial charge in [0.25, 0.3) is 0 Å². The highest BCUT2D eigenvalue weighted by atomic mass is 15.3. The van der Waals surface area contributed by atoms with Gasteiger partial charge < -0.3 is 10.6 Å². The van der Waals surface area contributed by atoms with Gasteiger partial charge in [-0.05, 0) is 57.0 Å². The van der Waals surface area contributed by atoms with Gasteiger partial charge in [0.15, 0.2) is 0 Å². The fraction of sp³-hybridized carbons (Fsp3) is 1.00. The smallest absolute Gasteiger partial charge is 0.0223 e. The van der Waals surface area contributed by atoms with Crippen molar-refractivity contribution >= 4 is 0 Å². The van der Waals surface area contributed by atoms with Crippen molar-refractivity contribution in [2.45, 2.75) is 64.1 Å². The highest BCUT2D eigenvalue weighted by Gasteiger charge is 2.41. The summed E-state index contributed by atoms with van der Waals surface area (Å²) in [7, 11) is 2.33. The van der Waals surface area contributed by atoms with E-state index < -0.39 is 0 Å². The summed E-state index contributed by atoms with van der Waals surface area (Å²) in [6, 6.07) is 2.05. The minimum absolute atomic E-state index is 0.353. The highest BCUT2D eigenvalue weighted by Crippen LogP contribution is 2.40. The van der Waals surface area contributed by atoms with Crippen molar-refractivity contribution in [3.8, 4) is 0 Å². The summed E-state index contributed by atoms with van der Waals surface area (Å²) < 4.78 is 0. The van der Waals surface area contributed by atoms with Crippen molar-refractivity contribution in [2.75, 3.05) is 26.7 Å². The van der Waals surface area contributed by atoms with Crippen LogP contribution in [0.4, 0.5) is 0 Å². The molecular weight excluding hydrogens is 234 g/mol. The zero-order valence-corrected chi connectivity index (χ0v) is 12.9. The Morgan fingerprint density at radius 1 is 1.11 bits per heavy atom. The van der Waals surface area contributed by atoms with Crippen LogP contribution in [0.3, 0.4) is 0 Å². The van der Waals surface area contributed by atoms with E-state index in [0.717, 1.165) is 18.0 Å². The minimum Gasteiger partial charge on any atom is -0.327 e. The van der Waals surface area contributed by atoms with E-state index in [0.29, 0.717) is 11.5 Å². The van der Waals surface area contributed by atoms with Gasteiger partial charge in [-0.3, -0.25) is 4.90 Å². The van der Waals surface area contributed by atoms with Crippen LogP contribution in [0.2, 0.25) is 0 Å². The third-order valence-corrected chi connectivity index (χ3v) is 6.29. The first-order valence-electron chi connectivity index (χ1n) is 8.17. The van der Waals surface area contributed by atoms with Crippen LogP contribution in [0.15, 0.2) is 0 Å². The second-order valence-electron chi connectivity index (χ2n) is 7.91. The molecule has 0 aromatic heterocycles. The fourth-order valence-electron chi connectivity index (χ4n) is 4.62. The van der Waals surface area contributed by atoms with Gasteiger partial charge in [-0.2, -0.15) is 0 Å². The first-order valence-corrected chi connectivity index (χ1v) is 8.17. The summed E-state index contributed by atoms with van der Waals surface area (Å²) in [5.74, 6) is 0.719. The number of nitrogens with zero attached hydrogens (tertiary/aromatic N) is 2. The number of likely N-dealkylation sites (N-methyl/N-ethyl adjacent to an activating group) is 1. The van der Waals surface area contributed by atoms with E-state index in [1.165, 1.54) is 51.7 Å². The molecule has 1 aliphatic carbocycles. The molecule has 4 unspecified atom stereocenters. The maximum atomic E-state index is 6.48. The predicted molar refractivity (Wildman–Crippen MR) is 80.1 cm³/mol. The third kappa shape index (κ3) is 2.57. The SMILES string of the molecule is CN1C2CCC1CN(CC1CCC(C)(C)C1N)CC2. The molecule has 3 fully saturated rings. The minimum atomic E-state index is 0.353. The lowest BCUT2D eigenvalue weighted by atomic mass is 9.85. The molecule has 3 rings (SSSR count). The standard InChI is InChI=1S/C16H31N3/c1-16(2)8-6-12(15(16)17)10-19-9-7-13-4-5-14(11-19)18(13)3/h12-15H,4-11,17H2,1-3H3. The Morgan fingerprint density at radius 3 is 2.53 bits per heavy atom. The third-order valence-electron chi connectivity index (χ3n) is 6.29. The molecule has 3 aliphatic rings.